The average Bonchev–Trinajstić information content (AvgIpc) is 2.64. The summed E-state index contributed by atoms with van der Waals surface area (Å²) in [6, 6.07) is 10.3. The Hall–Kier alpha value is -2.72. The summed E-state index contributed by atoms with van der Waals surface area (Å²) in [6.45, 7) is 0. The third kappa shape index (κ3) is 4.88. The molecule has 2 aromatic rings. The minimum atomic E-state index is -0.0967. The Morgan fingerprint density at radius 1 is 0.880 bits per heavy atom. The third-order valence-electron chi connectivity index (χ3n) is 3.50. The summed E-state index contributed by atoms with van der Waals surface area (Å²) < 4.78 is 15.9. The van der Waals surface area contributed by atoms with Gasteiger partial charge in [0.2, 0.25) is 0 Å². The van der Waals surface area contributed by atoms with Crippen LogP contribution in [0.4, 0.5) is 0 Å². The van der Waals surface area contributed by atoms with E-state index in [0.717, 1.165) is 5.56 Å². The number of ketones is 1. The molecule has 5 heteroatoms. The fourth-order valence-electron chi connectivity index (χ4n) is 2.20. The zero-order valence-corrected chi connectivity index (χ0v) is 15.0. The molecule has 0 aliphatic carbocycles. The Morgan fingerprint density at radius 2 is 1.48 bits per heavy atom. The van der Waals surface area contributed by atoms with E-state index in [4.69, 9.17) is 25.8 Å². The summed E-state index contributed by atoms with van der Waals surface area (Å²) in [5, 5.41) is 0.598. The van der Waals surface area contributed by atoms with Crippen LogP contribution >= 0.6 is 11.6 Å². The molecule has 0 unspecified atom stereocenters. The van der Waals surface area contributed by atoms with Crippen molar-refractivity contribution < 1.29 is 19.0 Å². The van der Waals surface area contributed by atoms with E-state index in [9.17, 15) is 4.79 Å². The minimum Gasteiger partial charge on any atom is -0.496 e. The smallest absolute Gasteiger partial charge is 0.185 e. The average molecular weight is 359 g/mol. The van der Waals surface area contributed by atoms with E-state index >= 15 is 0 Å². The molecule has 130 valence electrons. The van der Waals surface area contributed by atoms with E-state index in [0.29, 0.717) is 27.8 Å². The van der Waals surface area contributed by atoms with Crippen molar-refractivity contribution >= 4 is 23.5 Å². The Labute approximate surface area is 152 Å². The summed E-state index contributed by atoms with van der Waals surface area (Å²) >= 11 is 5.81. The van der Waals surface area contributed by atoms with E-state index in [1.165, 1.54) is 6.08 Å². The highest BCUT2D eigenvalue weighted by molar-refractivity contribution is 6.30. The van der Waals surface area contributed by atoms with Crippen LogP contribution in [0.3, 0.4) is 0 Å². The second-order valence-electron chi connectivity index (χ2n) is 5.04. The summed E-state index contributed by atoms with van der Waals surface area (Å²) in [6.07, 6.45) is 6.75. The molecular formula is C20H19ClO4. The van der Waals surface area contributed by atoms with E-state index in [1.807, 2.05) is 12.1 Å². The number of ether oxygens (including phenoxy) is 3. The number of halogens is 1. The number of carbonyl (C=O) groups excluding carboxylic acids is 1. The van der Waals surface area contributed by atoms with E-state index in [-0.39, 0.29) is 5.78 Å². The van der Waals surface area contributed by atoms with Gasteiger partial charge in [0.25, 0.3) is 0 Å². The normalized spacial score (nSPS) is 11.0. The standard InChI is InChI=1S/C20H19ClO4/c1-23-18-13-20(25-3)19(24-2)12-15(18)6-4-5-7-17(22)14-8-10-16(21)11-9-14/h4-13H,1-3H3/b6-4+,7-5+. The first-order valence-corrected chi connectivity index (χ1v) is 7.91. The van der Waals surface area contributed by atoms with Crippen LogP contribution < -0.4 is 14.2 Å². The molecule has 0 fully saturated rings. The summed E-state index contributed by atoms with van der Waals surface area (Å²) in [5.41, 5.74) is 1.39. The molecule has 0 N–H and O–H groups in total. The molecule has 4 nitrogen and oxygen atoms in total. The molecule has 2 aromatic carbocycles. The van der Waals surface area contributed by atoms with Crippen LogP contribution in [-0.4, -0.2) is 27.1 Å². The lowest BCUT2D eigenvalue weighted by atomic mass is 10.1. The summed E-state index contributed by atoms with van der Waals surface area (Å²) in [4.78, 5) is 12.0. The summed E-state index contributed by atoms with van der Waals surface area (Å²) in [7, 11) is 4.72. The first-order chi connectivity index (χ1) is 12.1. The van der Waals surface area contributed by atoms with Crippen molar-refractivity contribution in [3.05, 3.63) is 70.8 Å². The second-order valence-corrected chi connectivity index (χ2v) is 5.47. The predicted molar refractivity (Wildman–Crippen MR) is 100 cm³/mol. The zero-order chi connectivity index (χ0) is 18.2. The number of carbonyl (C=O) groups is 1. The number of rotatable bonds is 7. The highest BCUT2D eigenvalue weighted by atomic mass is 35.5. The number of methoxy groups -OCH3 is 3. The van der Waals surface area contributed by atoms with E-state index < -0.39 is 0 Å². The van der Waals surface area contributed by atoms with E-state index in [2.05, 4.69) is 0 Å². The molecule has 0 atom stereocenters. The molecule has 0 aliphatic rings. The molecule has 25 heavy (non-hydrogen) atoms. The second kappa shape index (κ2) is 8.94. The molecule has 0 radical (unpaired) electrons. The molecule has 0 saturated carbocycles. The van der Waals surface area contributed by atoms with Crippen molar-refractivity contribution in [2.75, 3.05) is 21.3 Å². The van der Waals surface area contributed by atoms with Crippen molar-refractivity contribution in [1.29, 1.82) is 0 Å². The van der Waals surface area contributed by atoms with Crippen molar-refractivity contribution in [3.63, 3.8) is 0 Å². The molecule has 0 bridgehead atoms. The lowest BCUT2D eigenvalue weighted by molar-refractivity contribution is 0.104. The fourth-order valence-corrected chi connectivity index (χ4v) is 2.32. The van der Waals surface area contributed by atoms with Gasteiger partial charge in [-0.1, -0.05) is 29.8 Å². The molecule has 0 spiro atoms. The zero-order valence-electron chi connectivity index (χ0n) is 14.3. The topological polar surface area (TPSA) is 44.8 Å². The van der Waals surface area contributed by atoms with Gasteiger partial charge in [0.1, 0.15) is 5.75 Å². The van der Waals surface area contributed by atoms with Gasteiger partial charge in [0, 0.05) is 22.2 Å². The summed E-state index contributed by atoms with van der Waals surface area (Å²) in [5.74, 6) is 1.74. The van der Waals surface area contributed by atoms with Crippen molar-refractivity contribution in [3.8, 4) is 17.2 Å². The quantitative estimate of drug-likeness (QED) is 0.404. The maximum atomic E-state index is 12.0. The highest BCUT2D eigenvalue weighted by Gasteiger charge is 2.09. The molecule has 0 saturated heterocycles. The fraction of sp³-hybridized carbons (Fsp3) is 0.150. The van der Waals surface area contributed by atoms with Crippen molar-refractivity contribution in [2.24, 2.45) is 0 Å². The number of benzene rings is 2. The van der Waals surface area contributed by atoms with Crippen LogP contribution in [0.2, 0.25) is 5.02 Å². The first-order valence-electron chi connectivity index (χ1n) is 7.53. The molecule has 0 heterocycles. The maximum absolute atomic E-state index is 12.0. The Bertz CT molecular complexity index is 792. The van der Waals surface area contributed by atoms with Gasteiger partial charge in [-0.2, -0.15) is 0 Å². The maximum Gasteiger partial charge on any atom is 0.185 e. The molecule has 2 rings (SSSR count). The molecule has 0 aliphatic heterocycles. The van der Waals surface area contributed by atoms with E-state index in [1.54, 1.807) is 63.8 Å². The van der Waals surface area contributed by atoms with Gasteiger partial charge in [-0.05, 0) is 36.4 Å². The van der Waals surface area contributed by atoms with Gasteiger partial charge in [-0.15, -0.1) is 0 Å². The molecular weight excluding hydrogens is 340 g/mol. The lowest BCUT2D eigenvalue weighted by Crippen LogP contribution is -1.94. The highest BCUT2D eigenvalue weighted by Crippen LogP contribution is 2.35. The van der Waals surface area contributed by atoms with Crippen molar-refractivity contribution in [2.45, 2.75) is 0 Å². The Balaban J connectivity index is 2.15. The number of allylic oxidation sites excluding steroid dienone is 3. The van der Waals surface area contributed by atoms with Gasteiger partial charge in [-0.25, -0.2) is 0 Å². The van der Waals surface area contributed by atoms with Gasteiger partial charge in [-0.3, -0.25) is 4.79 Å². The third-order valence-corrected chi connectivity index (χ3v) is 3.75. The van der Waals surface area contributed by atoms with Crippen LogP contribution in [0.5, 0.6) is 17.2 Å². The van der Waals surface area contributed by atoms with Gasteiger partial charge in [0.15, 0.2) is 17.3 Å². The SMILES string of the molecule is COc1cc(OC)c(OC)cc1/C=C/C=C/C(=O)c1ccc(Cl)cc1. The van der Waals surface area contributed by atoms with Crippen LogP contribution in [0.15, 0.2) is 54.6 Å². The van der Waals surface area contributed by atoms with Gasteiger partial charge in [0.05, 0.1) is 21.3 Å². The monoisotopic (exact) mass is 358 g/mol. The molecule has 0 amide bonds. The Morgan fingerprint density at radius 3 is 2.08 bits per heavy atom. The number of hydrogen-bond acceptors (Lipinski definition) is 4. The largest absolute Gasteiger partial charge is 0.496 e. The van der Waals surface area contributed by atoms with Gasteiger partial charge < -0.3 is 14.2 Å². The van der Waals surface area contributed by atoms with Crippen molar-refractivity contribution in [1.82, 2.24) is 0 Å². The lowest BCUT2D eigenvalue weighted by Gasteiger charge is -2.11. The first kappa shape index (κ1) is 18.6. The van der Waals surface area contributed by atoms with Gasteiger partial charge >= 0.3 is 0 Å². The predicted octanol–water partition coefficient (Wildman–Crippen LogP) is 4.82. The van der Waals surface area contributed by atoms with Crippen LogP contribution in [0.25, 0.3) is 6.08 Å². The van der Waals surface area contributed by atoms with Crippen LogP contribution in [0, 0.1) is 0 Å². The van der Waals surface area contributed by atoms with Crippen LogP contribution in [0.1, 0.15) is 15.9 Å². The minimum absolute atomic E-state index is 0.0967. The Kier molecular flexibility index (Phi) is 6.66. The van der Waals surface area contributed by atoms with Crippen LogP contribution in [-0.2, 0) is 0 Å². The number of hydrogen-bond donors (Lipinski definition) is 0. The molecule has 0 aromatic heterocycles.